The van der Waals surface area contributed by atoms with Crippen molar-refractivity contribution in [3.8, 4) is 0 Å². The van der Waals surface area contributed by atoms with Gasteiger partial charge in [0.15, 0.2) is 0 Å². The second kappa shape index (κ2) is 8.84. The fraction of sp³-hybridized carbons (Fsp3) is 0.808. The van der Waals surface area contributed by atoms with Gasteiger partial charge in [0.2, 0.25) is 11.8 Å². The number of carbonyl (C=O) groups is 3. The van der Waals surface area contributed by atoms with Gasteiger partial charge in [0.25, 0.3) is 0 Å². The topological polar surface area (TPSA) is 98.2 Å². The van der Waals surface area contributed by atoms with Crippen molar-refractivity contribution in [2.24, 2.45) is 17.3 Å². The van der Waals surface area contributed by atoms with Crippen LogP contribution in [0.5, 0.6) is 0 Å². The van der Waals surface area contributed by atoms with Gasteiger partial charge in [0.1, 0.15) is 6.04 Å². The van der Waals surface area contributed by atoms with Crippen LogP contribution in [0, 0.1) is 17.3 Å². The van der Waals surface area contributed by atoms with E-state index >= 15 is 0 Å². The second-order valence-electron chi connectivity index (χ2n) is 12.3. The molecule has 2 N–H and O–H groups in total. The van der Waals surface area contributed by atoms with Gasteiger partial charge in [-0.25, -0.2) is 0 Å². The van der Waals surface area contributed by atoms with Crippen molar-refractivity contribution >= 4 is 29.5 Å². The molecule has 3 heterocycles. The Balaban J connectivity index is 2.15. The van der Waals surface area contributed by atoms with Crippen LogP contribution in [0.3, 0.4) is 0 Å². The van der Waals surface area contributed by atoms with Crippen molar-refractivity contribution in [1.29, 1.82) is 0 Å². The number of carbonyl (C=O) groups excluding carboxylic acids is 2. The Labute approximate surface area is 208 Å². The van der Waals surface area contributed by atoms with Crippen LogP contribution in [0.1, 0.15) is 74.1 Å². The highest BCUT2D eigenvalue weighted by molar-refractivity contribution is 8.02. The van der Waals surface area contributed by atoms with E-state index in [-0.39, 0.29) is 23.8 Å². The number of carboxylic acid groups (broad SMARTS) is 1. The lowest BCUT2D eigenvalue weighted by Gasteiger charge is -2.46. The minimum absolute atomic E-state index is 0.0330. The van der Waals surface area contributed by atoms with Crippen molar-refractivity contribution < 1.29 is 24.6 Å². The predicted molar refractivity (Wildman–Crippen MR) is 134 cm³/mol. The standard InChI is InChI=1S/C26H42N2O5S/c1-9-13-27(24(6,7)15-23(3,4)5)21(31)19-26-12-11-25(8,34-26)18(22(32)33)17(26)20(30)28(19)16(10-2)14-29/h9,16-19,29H,1,10-15H2,2-8H3,(H,32,33)/t16-,17-,18+,19?,25-,26?/m0/s1. The molecule has 3 fully saturated rings. The van der Waals surface area contributed by atoms with E-state index in [0.717, 1.165) is 6.42 Å². The van der Waals surface area contributed by atoms with Gasteiger partial charge in [0.05, 0.1) is 29.2 Å². The average molecular weight is 495 g/mol. The van der Waals surface area contributed by atoms with Gasteiger partial charge < -0.3 is 20.0 Å². The number of hydrogen-bond acceptors (Lipinski definition) is 5. The van der Waals surface area contributed by atoms with Crippen LogP contribution in [0.15, 0.2) is 12.7 Å². The Kier molecular flexibility index (Phi) is 7.03. The van der Waals surface area contributed by atoms with Crippen LogP contribution in [-0.2, 0) is 14.4 Å². The fourth-order valence-corrected chi connectivity index (χ4v) is 9.46. The molecule has 3 saturated heterocycles. The van der Waals surface area contributed by atoms with Crippen LogP contribution >= 0.6 is 11.8 Å². The molecular weight excluding hydrogens is 452 g/mol. The first-order valence-electron chi connectivity index (χ1n) is 12.4. The molecule has 3 aliphatic heterocycles. The lowest BCUT2D eigenvalue weighted by Crippen LogP contribution is -2.61. The summed E-state index contributed by atoms with van der Waals surface area (Å²) in [7, 11) is 0. The molecule has 3 aliphatic rings. The van der Waals surface area contributed by atoms with Gasteiger partial charge in [-0.1, -0.05) is 33.8 Å². The van der Waals surface area contributed by atoms with E-state index in [1.165, 1.54) is 11.8 Å². The fourth-order valence-electron chi connectivity index (χ4n) is 7.13. The quantitative estimate of drug-likeness (QED) is 0.476. The summed E-state index contributed by atoms with van der Waals surface area (Å²) in [5.74, 6) is -3.05. The van der Waals surface area contributed by atoms with Crippen molar-refractivity contribution in [2.45, 2.75) is 101 Å². The summed E-state index contributed by atoms with van der Waals surface area (Å²) in [4.78, 5) is 44.2. The molecule has 2 amide bonds. The van der Waals surface area contributed by atoms with Gasteiger partial charge in [-0.15, -0.1) is 18.3 Å². The molecule has 0 aliphatic carbocycles. The Hall–Kier alpha value is -1.54. The minimum atomic E-state index is -0.976. The molecule has 0 radical (unpaired) electrons. The minimum Gasteiger partial charge on any atom is -0.481 e. The number of carboxylic acids is 1. The molecule has 0 aromatic rings. The molecule has 6 atom stereocenters. The summed E-state index contributed by atoms with van der Waals surface area (Å²) in [5.41, 5.74) is -0.542. The molecule has 192 valence electrons. The highest BCUT2D eigenvalue weighted by Gasteiger charge is 2.78. The van der Waals surface area contributed by atoms with Crippen molar-refractivity contribution in [1.82, 2.24) is 9.80 Å². The number of rotatable bonds is 9. The number of likely N-dealkylation sites (tertiary alicyclic amines) is 1. The third kappa shape index (κ3) is 4.08. The molecule has 8 heteroatoms. The zero-order valence-electron chi connectivity index (χ0n) is 21.8. The van der Waals surface area contributed by atoms with Crippen LogP contribution in [-0.4, -0.2) is 78.1 Å². The number of amides is 2. The highest BCUT2D eigenvalue weighted by Crippen LogP contribution is 2.71. The van der Waals surface area contributed by atoms with E-state index in [1.54, 1.807) is 11.0 Å². The van der Waals surface area contributed by atoms with Crippen molar-refractivity contribution in [3.63, 3.8) is 0 Å². The first kappa shape index (κ1) is 27.1. The predicted octanol–water partition coefficient (Wildman–Crippen LogP) is 3.55. The molecule has 0 aromatic heterocycles. The number of hydrogen-bond donors (Lipinski definition) is 2. The molecule has 2 unspecified atom stereocenters. The normalized spacial score (nSPS) is 33.7. The first-order chi connectivity index (χ1) is 15.6. The third-order valence-electron chi connectivity index (χ3n) is 8.06. The Morgan fingerprint density at radius 2 is 1.91 bits per heavy atom. The van der Waals surface area contributed by atoms with Gasteiger partial charge in [0, 0.05) is 16.8 Å². The Bertz CT molecular complexity index is 864. The zero-order chi connectivity index (χ0) is 25.9. The smallest absolute Gasteiger partial charge is 0.308 e. The van der Waals surface area contributed by atoms with E-state index in [9.17, 15) is 24.6 Å². The first-order valence-corrected chi connectivity index (χ1v) is 13.2. The maximum Gasteiger partial charge on any atom is 0.308 e. The maximum atomic E-state index is 14.5. The number of nitrogens with zero attached hydrogens (tertiary/aromatic N) is 2. The number of fused-ring (bicyclic) bond motifs is 1. The summed E-state index contributed by atoms with van der Waals surface area (Å²) >= 11 is 1.53. The summed E-state index contributed by atoms with van der Waals surface area (Å²) in [6.45, 7) is 18.3. The van der Waals surface area contributed by atoms with Gasteiger partial charge in [-0.05, 0) is 51.9 Å². The van der Waals surface area contributed by atoms with E-state index < -0.39 is 44.9 Å². The van der Waals surface area contributed by atoms with E-state index in [4.69, 9.17) is 0 Å². The van der Waals surface area contributed by atoms with E-state index in [0.29, 0.717) is 25.8 Å². The van der Waals surface area contributed by atoms with E-state index in [2.05, 4.69) is 27.4 Å². The summed E-state index contributed by atoms with van der Waals surface area (Å²) in [6.07, 6.45) is 4.21. The zero-order valence-corrected chi connectivity index (χ0v) is 22.6. The molecule has 34 heavy (non-hydrogen) atoms. The van der Waals surface area contributed by atoms with E-state index in [1.807, 2.05) is 32.6 Å². The van der Waals surface area contributed by atoms with Crippen LogP contribution < -0.4 is 0 Å². The number of thioether (sulfide) groups is 1. The van der Waals surface area contributed by atoms with Gasteiger partial charge in [-0.3, -0.25) is 14.4 Å². The number of aliphatic hydroxyl groups is 1. The molecule has 3 rings (SSSR count). The monoisotopic (exact) mass is 494 g/mol. The van der Waals surface area contributed by atoms with Gasteiger partial charge in [-0.2, -0.15) is 0 Å². The molecule has 1 spiro atoms. The SMILES string of the molecule is C=CCN(C(=O)C1N([C@@H](CC)CO)C(=O)[C@@H]2[C@H](C(=O)O)[C@]3(C)CCC12S3)C(C)(C)CC(C)(C)C. The average Bonchev–Trinajstić information content (AvgIpc) is 3.26. The second-order valence-corrected chi connectivity index (χ2v) is 14.2. The highest BCUT2D eigenvalue weighted by atomic mass is 32.2. The third-order valence-corrected chi connectivity index (χ3v) is 10.0. The number of aliphatic carboxylic acids is 1. The largest absolute Gasteiger partial charge is 0.481 e. The maximum absolute atomic E-state index is 14.5. The molecule has 7 nitrogen and oxygen atoms in total. The molecule has 0 aromatic carbocycles. The van der Waals surface area contributed by atoms with Gasteiger partial charge >= 0.3 is 5.97 Å². The van der Waals surface area contributed by atoms with Crippen LogP contribution in [0.2, 0.25) is 0 Å². The summed E-state index contributed by atoms with van der Waals surface area (Å²) < 4.78 is -1.38. The lowest BCUT2D eigenvalue weighted by molar-refractivity contribution is -0.151. The van der Waals surface area contributed by atoms with Crippen LogP contribution in [0.25, 0.3) is 0 Å². The summed E-state index contributed by atoms with van der Waals surface area (Å²) in [6, 6.07) is -1.34. The van der Waals surface area contributed by atoms with Crippen molar-refractivity contribution in [3.05, 3.63) is 12.7 Å². The lowest BCUT2D eigenvalue weighted by atomic mass is 9.66. The van der Waals surface area contributed by atoms with Crippen molar-refractivity contribution in [2.75, 3.05) is 13.2 Å². The molecule has 0 saturated carbocycles. The molecular formula is C26H42N2O5S. The Morgan fingerprint density at radius 1 is 1.29 bits per heavy atom. The molecule has 2 bridgehead atoms. The summed E-state index contributed by atoms with van der Waals surface area (Å²) in [5, 5.41) is 20.3. The van der Waals surface area contributed by atoms with Crippen LogP contribution in [0.4, 0.5) is 0 Å². The Morgan fingerprint density at radius 3 is 2.38 bits per heavy atom. The number of aliphatic hydroxyl groups excluding tert-OH is 1.